The molecule has 18 heavy (non-hydrogen) atoms. The smallest absolute Gasteiger partial charge is 0.0391 e. The lowest BCUT2D eigenvalue weighted by Gasteiger charge is -2.34. The average molecular weight is 248 g/mol. The Kier molecular flexibility index (Phi) is 6.20. The van der Waals surface area contributed by atoms with Gasteiger partial charge >= 0.3 is 0 Å². The highest BCUT2D eigenvalue weighted by atomic mass is 15.2. The number of nitrogens with one attached hydrogen (secondary N) is 1. The van der Waals surface area contributed by atoms with Gasteiger partial charge in [-0.3, -0.25) is 0 Å². The molecule has 0 bridgehead atoms. The minimum Gasteiger partial charge on any atom is -0.369 e. The molecule has 2 rings (SSSR count). The van der Waals surface area contributed by atoms with E-state index in [4.69, 9.17) is 0 Å². The predicted octanol–water partition coefficient (Wildman–Crippen LogP) is 3.34. The van der Waals surface area contributed by atoms with Crippen LogP contribution in [0.3, 0.4) is 0 Å². The lowest BCUT2D eigenvalue weighted by atomic mass is 9.98. The van der Waals surface area contributed by atoms with Crippen molar-refractivity contribution in [1.82, 2.24) is 10.2 Å². The molecule has 0 amide bonds. The predicted molar refractivity (Wildman–Crippen MR) is 80.6 cm³/mol. The Morgan fingerprint density at radius 3 is 2.39 bits per heavy atom. The first kappa shape index (κ1) is 15.0. The quantitative estimate of drug-likeness (QED) is 0.765. The highest BCUT2D eigenvalue weighted by Gasteiger charge is 2.19. The molecule has 0 radical (unpaired) electrons. The van der Waals surface area contributed by atoms with E-state index in [1.165, 1.54) is 16.8 Å². The Morgan fingerprint density at radius 2 is 1.78 bits per heavy atom. The summed E-state index contributed by atoms with van der Waals surface area (Å²) in [5, 5.41) is 3.41. The molecular formula is C16H28N2. The molecule has 102 valence electrons. The largest absolute Gasteiger partial charge is 0.369 e. The van der Waals surface area contributed by atoms with Gasteiger partial charge in [0.1, 0.15) is 0 Å². The fourth-order valence-corrected chi connectivity index (χ4v) is 2.50. The van der Waals surface area contributed by atoms with E-state index in [1.807, 2.05) is 13.8 Å². The molecular weight excluding hydrogens is 220 g/mol. The molecule has 0 aromatic carbocycles. The summed E-state index contributed by atoms with van der Waals surface area (Å²) in [6, 6.07) is 0. The van der Waals surface area contributed by atoms with E-state index < -0.39 is 0 Å². The van der Waals surface area contributed by atoms with Crippen LogP contribution in [-0.4, -0.2) is 31.1 Å². The van der Waals surface area contributed by atoms with Crippen LogP contribution in [0.25, 0.3) is 0 Å². The first-order valence-corrected chi connectivity index (χ1v) is 7.22. The monoisotopic (exact) mass is 248 g/mol. The highest BCUT2D eigenvalue weighted by Crippen LogP contribution is 2.27. The Balaban J connectivity index is 0.000000771. The Labute approximate surface area is 112 Å². The maximum atomic E-state index is 3.41. The van der Waals surface area contributed by atoms with E-state index in [9.17, 15) is 0 Å². The van der Waals surface area contributed by atoms with E-state index in [0.717, 1.165) is 26.2 Å². The highest BCUT2D eigenvalue weighted by molar-refractivity contribution is 5.39. The van der Waals surface area contributed by atoms with E-state index >= 15 is 0 Å². The summed E-state index contributed by atoms with van der Waals surface area (Å²) < 4.78 is 0. The summed E-state index contributed by atoms with van der Waals surface area (Å²) in [7, 11) is 0. The molecule has 0 aromatic heterocycles. The zero-order valence-electron chi connectivity index (χ0n) is 12.6. The van der Waals surface area contributed by atoms with Crippen LogP contribution in [0.2, 0.25) is 0 Å². The van der Waals surface area contributed by atoms with E-state index in [-0.39, 0.29) is 0 Å². The van der Waals surface area contributed by atoms with Gasteiger partial charge in [-0.2, -0.15) is 0 Å². The number of allylic oxidation sites excluding steroid dienone is 5. The summed E-state index contributed by atoms with van der Waals surface area (Å²) >= 11 is 0. The first-order chi connectivity index (χ1) is 8.70. The summed E-state index contributed by atoms with van der Waals surface area (Å²) in [5.74, 6) is 0.554. The maximum Gasteiger partial charge on any atom is 0.0391 e. The Hall–Kier alpha value is -1.02. The second kappa shape index (κ2) is 7.42. The average Bonchev–Trinajstić information content (AvgIpc) is 2.53. The Bertz CT molecular complexity index is 344. The topological polar surface area (TPSA) is 15.3 Å². The molecule has 1 unspecified atom stereocenters. The van der Waals surface area contributed by atoms with Crippen molar-refractivity contribution in [3.8, 4) is 0 Å². The summed E-state index contributed by atoms with van der Waals surface area (Å²) in [5.41, 5.74) is 4.38. The molecule has 0 spiro atoms. The molecule has 1 heterocycles. The lowest BCUT2D eigenvalue weighted by Crippen LogP contribution is -2.43. The van der Waals surface area contributed by atoms with Gasteiger partial charge in [-0.15, -0.1) is 0 Å². The fraction of sp³-hybridized carbons (Fsp3) is 0.625. The lowest BCUT2D eigenvalue weighted by molar-refractivity contribution is 0.300. The third kappa shape index (κ3) is 3.49. The molecule has 1 aliphatic heterocycles. The zero-order valence-corrected chi connectivity index (χ0v) is 12.6. The van der Waals surface area contributed by atoms with Gasteiger partial charge in [0.2, 0.25) is 0 Å². The third-order valence-corrected chi connectivity index (χ3v) is 3.61. The van der Waals surface area contributed by atoms with Crippen LogP contribution in [0, 0.1) is 5.92 Å². The summed E-state index contributed by atoms with van der Waals surface area (Å²) in [6.45, 7) is 15.2. The second-order valence-corrected chi connectivity index (χ2v) is 4.79. The van der Waals surface area contributed by atoms with Crippen molar-refractivity contribution >= 4 is 0 Å². The minimum atomic E-state index is 0.554. The summed E-state index contributed by atoms with van der Waals surface area (Å²) in [6.07, 6.45) is 6.72. The molecule has 1 atom stereocenters. The van der Waals surface area contributed by atoms with Crippen molar-refractivity contribution in [2.45, 2.75) is 34.6 Å². The molecule has 1 N–H and O–H groups in total. The number of hydrogen-bond acceptors (Lipinski definition) is 2. The van der Waals surface area contributed by atoms with Crippen LogP contribution in [0.4, 0.5) is 0 Å². The van der Waals surface area contributed by atoms with Crippen molar-refractivity contribution in [3.05, 3.63) is 35.1 Å². The van der Waals surface area contributed by atoms with Crippen LogP contribution in [0.1, 0.15) is 34.6 Å². The van der Waals surface area contributed by atoms with Crippen molar-refractivity contribution in [2.24, 2.45) is 5.92 Å². The SMILES string of the molecule is CC.CC1=CC=CC(C)C(C)=C1N1CCNCC1. The Morgan fingerprint density at radius 1 is 1.17 bits per heavy atom. The molecule has 0 aromatic rings. The van der Waals surface area contributed by atoms with Crippen LogP contribution in [0.5, 0.6) is 0 Å². The van der Waals surface area contributed by atoms with Gasteiger partial charge in [0.15, 0.2) is 0 Å². The van der Waals surface area contributed by atoms with Crippen molar-refractivity contribution in [3.63, 3.8) is 0 Å². The van der Waals surface area contributed by atoms with Crippen LogP contribution < -0.4 is 5.32 Å². The van der Waals surface area contributed by atoms with Crippen molar-refractivity contribution in [1.29, 1.82) is 0 Å². The number of rotatable bonds is 1. The number of hydrogen-bond donors (Lipinski definition) is 1. The van der Waals surface area contributed by atoms with Crippen LogP contribution in [-0.2, 0) is 0 Å². The molecule has 1 saturated heterocycles. The number of piperazine rings is 1. The number of nitrogens with zero attached hydrogens (tertiary/aromatic N) is 1. The van der Waals surface area contributed by atoms with E-state index in [2.05, 4.69) is 49.2 Å². The van der Waals surface area contributed by atoms with Crippen LogP contribution in [0.15, 0.2) is 35.1 Å². The minimum absolute atomic E-state index is 0.554. The van der Waals surface area contributed by atoms with E-state index in [0.29, 0.717) is 5.92 Å². The summed E-state index contributed by atoms with van der Waals surface area (Å²) in [4.78, 5) is 2.53. The molecule has 0 saturated carbocycles. The normalized spacial score (nSPS) is 24.2. The van der Waals surface area contributed by atoms with Gasteiger partial charge in [0.25, 0.3) is 0 Å². The van der Waals surface area contributed by atoms with E-state index in [1.54, 1.807) is 0 Å². The van der Waals surface area contributed by atoms with Crippen LogP contribution >= 0.6 is 0 Å². The molecule has 1 aliphatic carbocycles. The zero-order chi connectivity index (χ0) is 13.5. The standard InChI is InChI=1S/C14H22N2.C2H6/c1-11-5-4-6-12(2)14(13(11)3)16-9-7-15-8-10-16;1-2/h4-6,11,15H,7-10H2,1-3H3;1-2H3. The molecule has 2 heteroatoms. The van der Waals surface area contributed by atoms with Gasteiger partial charge in [0.05, 0.1) is 0 Å². The third-order valence-electron chi connectivity index (χ3n) is 3.61. The molecule has 1 fully saturated rings. The maximum absolute atomic E-state index is 3.41. The second-order valence-electron chi connectivity index (χ2n) is 4.79. The van der Waals surface area contributed by atoms with Gasteiger partial charge in [-0.05, 0) is 30.9 Å². The fourth-order valence-electron chi connectivity index (χ4n) is 2.50. The first-order valence-electron chi connectivity index (χ1n) is 7.22. The van der Waals surface area contributed by atoms with Crippen molar-refractivity contribution < 1.29 is 0 Å². The van der Waals surface area contributed by atoms with Gasteiger partial charge in [-0.25, -0.2) is 0 Å². The van der Waals surface area contributed by atoms with Gasteiger partial charge in [0, 0.05) is 31.9 Å². The van der Waals surface area contributed by atoms with Gasteiger partial charge < -0.3 is 10.2 Å². The molecule has 2 nitrogen and oxygen atoms in total. The van der Waals surface area contributed by atoms with Crippen molar-refractivity contribution in [2.75, 3.05) is 26.2 Å². The van der Waals surface area contributed by atoms with Gasteiger partial charge in [-0.1, -0.05) is 39.0 Å². The molecule has 2 aliphatic rings.